The molecule has 5 rings (SSSR count). The third-order valence-corrected chi connectivity index (χ3v) is 5.95. The van der Waals surface area contributed by atoms with Gasteiger partial charge in [0.1, 0.15) is 0 Å². The number of aliphatic hydroxyl groups is 1. The molecule has 1 aliphatic heterocycles. The number of ether oxygens (including phenoxy) is 1. The molecule has 0 unspecified atom stereocenters. The van der Waals surface area contributed by atoms with Gasteiger partial charge in [0.05, 0.1) is 37.6 Å². The summed E-state index contributed by atoms with van der Waals surface area (Å²) in [6, 6.07) is 19.0. The molecule has 1 fully saturated rings. The van der Waals surface area contributed by atoms with Gasteiger partial charge in [-0.3, -0.25) is 0 Å². The first-order chi connectivity index (χ1) is 17.1. The first-order valence-electron chi connectivity index (χ1n) is 11.7. The monoisotopic (exact) mass is 471 g/mol. The molecule has 35 heavy (non-hydrogen) atoms. The smallest absolute Gasteiger partial charge is 0.351 e. The summed E-state index contributed by atoms with van der Waals surface area (Å²) in [7, 11) is 1.53. The van der Waals surface area contributed by atoms with Gasteiger partial charge in [0.25, 0.3) is 0 Å². The van der Waals surface area contributed by atoms with E-state index in [0.717, 1.165) is 22.3 Å². The van der Waals surface area contributed by atoms with E-state index in [1.54, 1.807) is 12.1 Å². The van der Waals surface area contributed by atoms with Crippen LogP contribution < -0.4 is 15.7 Å². The summed E-state index contributed by atoms with van der Waals surface area (Å²) < 4.78 is 8.30. The lowest BCUT2D eigenvalue weighted by Crippen LogP contribution is -2.23. The van der Waals surface area contributed by atoms with Crippen LogP contribution in [0.1, 0.15) is 24.0 Å². The van der Waals surface area contributed by atoms with Crippen LogP contribution in [0.2, 0.25) is 0 Å². The number of aryl methyl sites for hydroxylation is 1. The topological polar surface area (TPSA) is 105 Å². The van der Waals surface area contributed by atoms with Crippen molar-refractivity contribution in [2.45, 2.75) is 26.3 Å². The van der Waals surface area contributed by atoms with Crippen molar-refractivity contribution in [3.05, 3.63) is 76.2 Å². The molecule has 2 aromatic heterocycles. The second-order valence-corrected chi connectivity index (χ2v) is 8.38. The average Bonchev–Trinajstić information content (AvgIpc) is 3.57. The van der Waals surface area contributed by atoms with Crippen molar-refractivity contribution >= 4 is 5.65 Å². The normalized spacial score (nSPS) is 12.7. The van der Waals surface area contributed by atoms with Crippen LogP contribution in [0.25, 0.3) is 28.0 Å². The van der Waals surface area contributed by atoms with E-state index in [2.05, 4.69) is 16.5 Å². The van der Waals surface area contributed by atoms with E-state index in [1.165, 1.54) is 42.1 Å². The van der Waals surface area contributed by atoms with Crippen molar-refractivity contribution in [3.8, 4) is 34.2 Å². The lowest BCUT2D eigenvalue weighted by molar-refractivity contribution is 0.267. The third-order valence-electron chi connectivity index (χ3n) is 5.95. The van der Waals surface area contributed by atoms with E-state index in [9.17, 15) is 9.90 Å². The molecule has 0 radical (unpaired) electrons. The molecule has 0 atom stereocenters. The number of hydrogen-bond acceptors (Lipinski definition) is 6. The maximum atomic E-state index is 13.2. The largest absolute Gasteiger partial charge is 0.493 e. The maximum Gasteiger partial charge on any atom is 0.351 e. The van der Waals surface area contributed by atoms with Crippen molar-refractivity contribution in [1.82, 2.24) is 19.5 Å². The number of methoxy groups -OCH3 is 1. The van der Waals surface area contributed by atoms with Gasteiger partial charge in [0, 0.05) is 5.56 Å². The van der Waals surface area contributed by atoms with Crippen molar-refractivity contribution in [1.29, 1.82) is 5.26 Å². The molecule has 1 saturated heterocycles. The van der Waals surface area contributed by atoms with E-state index < -0.39 is 0 Å². The van der Waals surface area contributed by atoms with Gasteiger partial charge in [-0.1, -0.05) is 42.0 Å². The molecule has 3 heterocycles. The van der Waals surface area contributed by atoms with Crippen LogP contribution in [-0.2, 0) is 6.54 Å². The molecular weight excluding hydrogens is 442 g/mol. The van der Waals surface area contributed by atoms with E-state index in [-0.39, 0.29) is 18.8 Å². The fraction of sp³-hybridized carbons (Fsp3) is 0.296. The number of aromatic nitrogens is 3. The Labute approximate surface area is 204 Å². The van der Waals surface area contributed by atoms with Crippen LogP contribution in [0.15, 0.2) is 59.4 Å². The lowest BCUT2D eigenvalue weighted by atomic mass is 9.97. The number of nitrogens with one attached hydrogen (secondary N) is 1. The lowest BCUT2D eigenvalue weighted by Gasteiger charge is -2.15. The Morgan fingerprint density at radius 3 is 2.29 bits per heavy atom. The third kappa shape index (κ3) is 5.11. The zero-order valence-corrected chi connectivity index (χ0v) is 20.0. The second kappa shape index (κ2) is 11.0. The highest BCUT2D eigenvalue weighted by Gasteiger charge is 2.21. The van der Waals surface area contributed by atoms with E-state index in [0.29, 0.717) is 22.7 Å². The molecule has 0 spiro atoms. The summed E-state index contributed by atoms with van der Waals surface area (Å²) in [4.78, 5) is 13.2. The summed E-state index contributed by atoms with van der Waals surface area (Å²) in [6.07, 6.45) is 2.78. The van der Waals surface area contributed by atoms with Gasteiger partial charge in [0.15, 0.2) is 5.75 Å². The zero-order chi connectivity index (χ0) is 24.8. The van der Waals surface area contributed by atoms with Crippen LogP contribution >= 0.6 is 0 Å². The first-order valence-corrected chi connectivity index (χ1v) is 11.7. The van der Waals surface area contributed by atoms with Gasteiger partial charge in [-0.05, 0) is 62.2 Å². The molecule has 4 aromatic rings. The van der Waals surface area contributed by atoms with Crippen LogP contribution in [0.3, 0.4) is 0 Å². The predicted octanol–water partition coefficient (Wildman–Crippen LogP) is 3.38. The van der Waals surface area contributed by atoms with Gasteiger partial charge >= 0.3 is 5.69 Å². The number of aliphatic hydroxyl groups excluding tert-OH is 1. The van der Waals surface area contributed by atoms with E-state index in [1.807, 2.05) is 49.4 Å². The molecule has 0 amide bonds. The van der Waals surface area contributed by atoms with Crippen LogP contribution in [0.4, 0.5) is 0 Å². The summed E-state index contributed by atoms with van der Waals surface area (Å²) >= 11 is 0. The predicted molar refractivity (Wildman–Crippen MR) is 136 cm³/mol. The highest BCUT2D eigenvalue weighted by Crippen LogP contribution is 2.36. The van der Waals surface area contributed by atoms with Crippen molar-refractivity contribution in [3.63, 3.8) is 0 Å². The molecule has 2 aromatic carbocycles. The van der Waals surface area contributed by atoms with Crippen molar-refractivity contribution in [2.24, 2.45) is 0 Å². The molecule has 8 heteroatoms. The second-order valence-electron chi connectivity index (χ2n) is 8.38. The summed E-state index contributed by atoms with van der Waals surface area (Å²) in [5.74, 6) is 0.444. The minimum absolute atomic E-state index is 0.0865. The van der Waals surface area contributed by atoms with Crippen LogP contribution in [0, 0.1) is 18.3 Å². The molecule has 180 valence electrons. The number of rotatable bonds is 5. The minimum atomic E-state index is -0.358. The summed E-state index contributed by atoms with van der Waals surface area (Å²) in [5, 5.41) is 26.1. The quantitative estimate of drug-likeness (QED) is 0.462. The molecule has 0 saturated carbocycles. The molecular formula is C27H29N5O3. The summed E-state index contributed by atoms with van der Waals surface area (Å²) in [5.41, 5.74) is 4.81. The van der Waals surface area contributed by atoms with Gasteiger partial charge in [-0.2, -0.15) is 5.26 Å². The minimum Gasteiger partial charge on any atom is -0.493 e. The summed E-state index contributed by atoms with van der Waals surface area (Å²) in [6.45, 7) is 4.39. The highest BCUT2D eigenvalue weighted by molar-refractivity contribution is 5.85. The Balaban J connectivity index is 0.000000514. The number of fused-ring (bicyclic) bond motifs is 1. The Bertz CT molecular complexity index is 1390. The SMILES string of the molecule is C1CCNC1.COc1cc(-c2ccc(C#N)cc2)c(-c2ccc(C)cc2)n2c(=O)n(CCO)nc12. The highest BCUT2D eigenvalue weighted by atomic mass is 16.5. The maximum absolute atomic E-state index is 13.2. The van der Waals surface area contributed by atoms with Crippen LogP contribution in [-0.4, -0.2) is 46.1 Å². The van der Waals surface area contributed by atoms with Gasteiger partial charge in [0.2, 0.25) is 5.65 Å². The molecule has 2 N–H and O–H groups in total. The standard InChI is InChI=1S/C23H20N4O3.C4H9N/c1-15-3-7-18(8-4-15)21-19(17-9-5-16(14-24)6-10-17)13-20(30-2)22-25-26(11-12-28)23(29)27(21)22;1-2-4-5-3-1/h3-10,13,28H,11-12H2,1-2H3;5H,1-4H2. The molecule has 8 nitrogen and oxygen atoms in total. The molecule has 1 aliphatic rings. The van der Waals surface area contributed by atoms with E-state index in [4.69, 9.17) is 10.00 Å². The van der Waals surface area contributed by atoms with Gasteiger partial charge < -0.3 is 15.2 Å². The number of hydrogen-bond donors (Lipinski definition) is 2. The number of nitrogens with zero attached hydrogens (tertiary/aromatic N) is 4. The van der Waals surface area contributed by atoms with E-state index >= 15 is 0 Å². The molecule has 0 aliphatic carbocycles. The average molecular weight is 472 g/mol. The Hall–Kier alpha value is -3.93. The van der Waals surface area contributed by atoms with Gasteiger partial charge in [-0.25, -0.2) is 13.9 Å². The van der Waals surface area contributed by atoms with Gasteiger partial charge in [-0.15, -0.1) is 5.10 Å². The Kier molecular flexibility index (Phi) is 7.60. The van der Waals surface area contributed by atoms with Crippen molar-refractivity contribution in [2.75, 3.05) is 26.8 Å². The zero-order valence-electron chi connectivity index (χ0n) is 20.0. The number of pyridine rings is 1. The number of benzene rings is 2. The van der Waals surface area contributed by atoms with Crippen molar-refractivity contribution < 1.29 is 9.84 Å². The fourth-order valence-electron chi connectivity index (χ4n) is 4.11. The number of nitriles is 1. The molecule has 0 bridgehead atoms. The first kappa shape index (κ1) is 24.2. The fourth-order valence-corrected chi connectivity index (χ4v) is 4.11. The van der Waals surface area contributed by atoms with Crippen LogP contribution in [0.5, 0.6) is 5.75 Å². The Morgan fingerprint density at radius 1 is 1.09 bits per heavy atom. The Morgan fingerprint density at radius 2 is 1.74 bits per heavy atom.